The van der Waals surface area contributed by atoms with Gasteiger partial charge in [-0.15, -0.1) is 4.99 Å². The Hall–Kier alpha value is -4.01. The summed E-state index contributed by atoms with van der Waals surface area (Å²) in [4.78, 5) is 46.0. The topological polar surface area (TPSA) is 109 Å². The number of benzene rings is 1. The number of dihydropyridines is 1. The van der Waals surface area contributed by atoms with Crippen molar-refractivity contribution >= 4 is 35.4 Å². The number of allylic oxidation sites excluding steroid dienone is 1. The molecule has 0 saturated heterocycles. The van der Waals surface area contributed by atoms with Gasteiger partial charge in [0.05, 0.1) is 11.0 Å². The average Bonchev–Trinajstić information content (AvgIpc) is 2.72. The molecule has 0 fully saturated rings. The molecule has 0 spiro atoms. The van der Waals surface area contributed by atoms with E-state index in [9.17, 15) is 19.7 Å². The van der Waals surface area contributed by atoms with Gasteiger partial charge in [0, 0.05) is 18.5 Å². The number of amides is 3. The van der Waals surface area contributed by atoms with Gasteiger partial charge in [0.2, 0.25) is 0 Å². The molecule has 0 radical (unpaired) electrons. The Morgan fingerprint density at radius 2 is 1.96 bits per heavy atom. The van der Waals surface area contributed by atoms with Crippen molar-refractivity contribution in [3.05, 3.63) is 76.6 Å². The van der Waals surface area contributed by atoms with Gasteiger partial charge >= 0.3 is 11.9 Å². The molecule has 1 atom stereocenters. The molecule has 3 amide bonds. The van der Waals surface area contributed by atoms with Crippen LogP contribution < -0.4 is 0 Å². The largest absolute Gasteiger partial charge is 0.451 e. The van der Waals surface area contributed by atoms with Crippen molar-refractivity contribution < 1.29 is 19.1 Å². The zero-order valence-corrected chi connectivity index (χ0v) is 14.5. The molecule has 1 aromatic carbocycles. The molecular formula is C19H14N5O4+. The van der Waals surface area contributed by atoms with Crippen molar-refractivity contribution in [3.8, 4) is 0 Å². The Kier molecular flexibility index (Phi) is 4.32. The highest BCUT2D eigenvalue weighted by Gasteiger charge is 2.47. The molecule has 2 aliphatic heterocycles. The van der Waals surface area contributed by atoms with E-state index in [1.807, 2.05) is 0 Å². The summed E-state index contributed by atoms with van der Waals surface area (Å²) < 4.78 is 1.25. The van der Waals surface area contributed by atoms with E-state index in [0.717, 1.165) is 10.5 Å². The smallest absolute Gasteiger partial charge is 0.265 e. The number of imide groups is 1. The van der Waals surface area contributed by atoms with E-state index in [-0.39, 0.29) is 23.8 Å². The molecule has 138 valence electrons. The second-order valence-electron chi connectivity index (χ2n) is 6.17. The molecule has 0 aliphatic carbocycles. The van der Waals surface area contributed by atoms with Gasteiger partial charge in [-0.2, -0.15) is 9.48 Å². The zero-order chi connectivity index (χ0) is 19.7. The van der Waals surface area contributed by atoms with Crippen LogP contribution in [0.5, 0.6) is 0 Å². The van der Waals surface area contributed by atoms with Crippen molar-refractivity contribution in [2.75, 3.05) is 0 Å². The quantitative estimate of drug-likeness (QED) is 0.463. The van der Waals surface area contributed by atoms with Gasteiger partial charge in [-0.05, 0) is 29.8 Å². The van der Waals surface area contributed by atoms with Gasteiger partial charge in [-0.3, -0.25) is 19.9 Å². The molecule has 0 saturated carbocycles. The van der Waals surface area contributed by atoms with Crippen LogP contribution in [-0.4, -0.2) is 43.4 Å². The maximum Gasteiger partial charge on any atom is 0.451 e. The van der Waals surface area contributed by atoms with Crippen molar-refractivity contribution in [1.82, 2.24) is 9.88 Å². The van der Waals surface area contributed by atoms with E-state index < -0.39 is 22.8 Å². The number of pyridine rings is 1. The zero-order valence-electron chi connectivity index (χ0n) is 14.5. The lowest BCUT2D eigenvalue weighted by molar-refractivity contribution is -0.387. The summed E-state index contributed by atoms with van der Waals surface area (Å²) in [6, 6.07) is 8.51. The van der Waals surface area contributed by atoms with E-state index in [2.05, 4.69) is 9.98 Å². The third-order valence-electron chi connectivity index (χ3n) is 4.45. The highest BCUT2D eigenvalue weighted by atomic mass is 16.6. The number of rotatable bonds is 4. The van der Waals surface area contributed by atoms with Crippen LogP contribution in [-0.2, 0) is 11.3 Å². The second-order valence-corrected chi connectivity index (χ2v) is 6.17. The van der Waals surface area contributed by atoms with Gasteiger partial charge in [-0.25, -0.2) is 4.79 Å². The summed E-state index contributed by atoms with van der Waals surface area (Å²) in [5.74, 6) is -0.917. The first kappa shape index (κ1) is 17.4. The predicted octanol–water partition coefficient (Wildman–Crippen LogP) is 2.45. The molecule has 0 bridgehead atoms. The number of nitro benzene ring substituents is 1. The highest BCUT2D eigenvalue weighted by molar-refractivity contribution is 6.15. The molecule has 2 aliphatic rings. The number of carbonyl (C=O) groups is 2. The number of fused-ring (bicyclic) bond motifs is 1. The summed E-state index contributed by atoms with van der Waals surface area (Å²) >= 11 is 0. The lowest BCUT2D eigenvalue weighted by Gasteiger charge is -2.26. The molecule has 4 rings (SSSR count). The average molecular weight is 376 g/mol. The van der Waals surface area contributed by atoms with Crippen molar-refractivity contribution in [2.24, 2.45) is 10.9 Å². The molecule has 3 heterocycles. The molecule has 2 aromatic rings. The van der Waals surface area contributed by atoms with Gasteiger partial charge in [0.1, 0.15) is 18.4 Å². The lowest BCUT2D eigenvalue weighted by atomic mass is 10.0. The molecule has 0 N–H and O–H groups in total. The Balaban J connectivity index is 1.83. The third kappa shape index (κ3) is 2.98. The summed E-state index contributed by atoms with van der Waals surface area (Å²) in [5.41, 5.74) is 0.858. The predicted molar refractivity (Wildman–Crippen MR) is 99.3 cm³/mol. The lowest BCUT2D eigenvalue weighted by Crippen LogP contribution is -2.52. The molecule has 1 aromatic heterocycles. The monoisotopic (exact) mass is 376 g/mol. The summed E-state index contributed by atoms with van der Waals surface area (Å²) in [7, 11) is 0. The molecule has 28 heavy (non-hydrogen) atoms. The second kappa shape index (κ2) is 6.95. The summed E-state index contributed by atoms with van der Waals surface area (Å²) in [5, 5.41) is 11.1. The molecule has 1 unspecified atom stereocenters. The first-order chi connectivity index (χ1) is 13.6. The van der Waals surface area contributed by atoms with Gasteiger partial charge in [0.25, 0.3) is 11.5 Å². The minimum Gasteiger partial charge on any atom is -0.265 e. The van der Waals surface area contributed by atoms with Crippen LogP contribution in [0.4, 0.5) is 16.2 Å². The number of aromatic nitrogens is 1. The van der Waals surface area contributed by atoms with Gasteiger partial charge in [0.15, 0.2) is 5.92 Å². The Bertz CT molecular complexity index is 1070. The van der Waals surface area contributed by atoms with Crippen LogP contribution in [0, 0.1) is 16.0 Å². The van der Waals surface area contributed by atoms with Crippen LogP contribution in [0.1, 0.15) is 5.56 Å². The molecular weight excluding hydrogens is 362 g/mol. The number of hydrogen-bond acceptors (Lipinski definition) is 6. The fourth-order valence-electron chi connectivity index (χ4n) is 3.12. The van der Waals surface area contributed by atoms with Gasteiger partial charge < -0.3 is 0 Å². The van der Waals surface area contributed by atoms with Crippen LogP contribution in [0.3, 0.4) is 0 Å². The number of hydrogen-bond donors (Lipinski definition) is 0. The number of nitrogens with zero attached hydrogens (tertiary/aromatic N) is 5. The van der Waals surface area contributed by atoms with Crippen LogP contribution in [0.25, 0.3) is 0 Å². The normalized spacial score (nSPS) is 18.4. The first-order valence-corrected chi connectivity index (χ1v) is 8.43. The fraction of sp³-hybridized carbons (Fsp3) is 0.105. The fourth-order valence-corrected chi connectivity index (χ4v) is 3.12. The van der Waals surface area contributed by atoms with Crippen LogP contribution in [0.15, 0.2) is 65.9 Å². The number of amidine groups is 1. The van der Waals surface area contributed by atoms with E-state index in [0.29, 0.717) is 0 Å². The third-order valence-corrected chi connectivity index (χ3v) is 4.45. The minimum atomic E-state index is -0.746. The Labute approximate surface area is 159 Å². The number of carbonyl (C=O) groups excluding carboxylic acids is 2. The highest BCUT2D eigenvalue weighted by Crippen LogP contribution is 2.28. The number of nitro groups is 1. The Morgan fingerprint density at radius 1 is 1.18 bits per heavy atom. The van der Waals surface area contributed by atoms with E-state index in [1.54, 1.807) is 42.7 Å². The number of non-ortho nitro benzene ring substituents is 1. The van der Waals surface area contributed by atoms with E-state index >= 15 is 0 Å². The van der Waals surface area contributed by atoms with Crippen LogP contribution >= 0.6 is 0 Å². The molecule has 9 nitrogen and oxygen atoms in total. The minimum absolute atomic E-state index is 0.0624. The summed E-state index contributed by atoms with van der Waals surface area (Å²) in [6.07, 6.45) is 7.93. The van der Waals surface area contributed by atoms with Crippen LogP contribution in [0.2, 0.25) is 0 Å². The van der Waals surface area contributed by atoms with Crippen molar-refractivity contribution in [2.45, 2.75) is 6.54 Å². The Morgan fingerprint density at radius 3 is 2.71 bits per heavy atom. The standard InChI is InChI=1S/C19H14N5O4/c25-18-16-5-2-8-21-17(16)23(14-3-1-4-15(11-14)24(27)28)19(26)22(18)12-13-6-9-20-10-7-13/h1-11,16H,12H2/q+1. The van der Waals surface area contributed by atoms with Crippen molar-refractivity contribution in [1.29, 1.82) is 0 Å². The number of aliphatic imine (C=N–C) groups is 1. The van der Waals surface area contributed by atoms with Crippen molar-refractivity contribution in [3.63, 3.8) is 0 Å². The van der Waals surface area contributed by atoms with E-state index in [1.165, 1.54) is 29.0 Å². The summed E-state index contributed by atoms with van der Waals surface area (Å²) in [6.45, 7) is 0.0624. The SMILES string of the molecule is O=C1C2C=CC=NC2=[N+](c2cccc([N+](=O)[O-])c2)C(=O)N1Cc1ccncc1. The maximum atomic E-state index is 13.2. The first-order valence-electron chi connectivity index (χ1n) is 8.43. The number of urea groups is 1. The van der Waals surface area contributed by atoms with E-state index in [4.69, 9.17) is 0 Å². The molecule has 9 heteroatoms. The maximum absolute atomic E-state index is 13.2. The van der Waals surface area contributed by atoms with Gasteiger partial charge in [-0.1, -0.05) is 12.1 Å².